The van der Waals surface area contributed by atoms with Gasteiger partial charge in [0, 0.05) is 11.4 Å². The lowest BCUT2D eigenvalue weighted by Gasteiger charge is -2.12. The van der Waals surface area contributed by atoms with Crippen molar-refractivity contribution in [2.45, 2.75) is 12.5 Å². The van der Waals surface area contributed by atoms with Crippen molar-refractivity contribution in [3.05, 3.63) is 36.0 Å². The van der Waals surface area contributed by atoms with Gasteiger partial charge in [-0.2, -0.15) is 0 Å². The number of rotatable bonds is 5. The molecule has 2 N–H and O–H groups in total. The third-order valence-electron chi connectivity index (χ3n) is 4.14. The van der Waals surface area contributed by atoms with E-state index in [-0.39, 0.29) is 23.7 Å². The molecule has 8 nitrogen and oxygen atoms in total. The first kappa shape index (κ1) is 18.1. The molecule has 1 aromatic heterocycles. The van der Waals surface area contributed by atoms with Gasteiger partial charge in [-0.25, -0.2) is 13.4 Å². The molecule has 2 aromatic rings. The molecule has 26 heavy (non-hydrogen) atoms. The maximum absolute atomic E-state index is 12.3. The molecule has 1 fully saturated rings. The van der Waals surface area contributed by atoms with Crippen molar-refractivity contribution in [3.63, 3.8) is 0 Å². The van der Waals surface area contributed by atoms with Crippen LogP contribution in [0.1, 0.15) is 16.9 Å². The number of nitrogens with one attached hydrogen (secondary N) is 2. The van der Waals surface area contributed by atoms with Gasteiger partial charge in [-0.15, -0.1) is 0 Å². The number of benzene rings is 1. The summed E-state index contributed by atoms with van der Waals surface area (Å²) in [6.45, 7) is -0.258. The summed E-state index contributed by atoms with van der Waals surface area (Å²) in [5.41, 5.74) is 0.136. The van der Waals surface area contributed by atoms with E-state index in [2.05, 4.69) is 15.6 Å². The second kappa shape index (κ2) is 7.28. The third kappa shape index (κ3) is 4.10. The van der Waals surface area contributed by atoms with Crippen LogP contribution in [0, 0.1) is 0 Å². The molecular formula is C17H19N3O5S. The smallest absolute Gasteiger partial charge is 0.270 e. The number of nitrogens with zero attached hydrogens (tertiary/aromatic N) is 1. The summed E-state index contributed by atoms with van der Waals surface area (Å²) in [6, 6.07) is 8.58. The number of carbonyl (C=O) groups excluding carboxylic acids is 2. The summed E-state index contributed by atoms with van der Waals surface area (Å²) in [7, 11) is -1.60. The summed E-state index contributed by atoms with van der Waals surface area (Å²) in [5, 5.41) is 6.69. The fourth-order valence-corrected chi connectivity index (χ4v) is 4.55. The van der Waals surface area contributed by atoms with Crippen LogP contribution in [-0.2, 0) is 14.6 Å². The van der Waals surface area contributed by atoms with Crippen molar-refractivity contribution < 1.29 is 22.7 Å². The highest BCUT2D eigenvalue weighted by Gasteiger charge is 2.28. The summed E-state index contributed by atoms with van der Waals surface area (Å²) in [6.07, 6.45) is 0.394. The fraction of sp³-hybridized carbons (Fsp3) is 0.353. The van der Waals surface area contributed by atoms with Gasteiger partial charge in [-0.05, 0) is 23.9 Å². The summed E-state index contributed by atoms with van der Waals surface area (Å²) < 4.78 is 28.0. The van der Waals surface area contributed by atoms with Crippen LogP contribution in [0.4, 0.5) is 0 Å². The lowest BCUT2D eigenvalue weighted by atomic mass is 10.1. The second-order valence-corrected chi connectivity index (χ2v) is 8.32. The predicted molar refractivity (Wildman–Crippen MR) is 95.8 cm³/mol. The van der Waals surface area contributed by atoms with Gasteiger partial charge in [0.05, 0.1) is 25.2 Å². The Morgan fingerprint density at radius 2 is 2.08 bits per heavy atom. The van der Waals surface area contributed by atoms with E-state index in [0.29, 0.717) is 12.3 Å². The Kier molecular flexibility index (Phi) is 5.08. The van der Waals surface area contributed by atoms with Gasteiger partial charge in [0.25, 0.3) is 5.91 Å². The zero-order valence-electron chi connectivity index (χ0n) is 14.2. The number of hydrogen-bond donors (Lipinski definition) is 2. The average molecular weight is 377 g/mol. The molecule has 2 amide bonds. The molecule has 9 heteroatoms. The van der Waals surface area contributed by atoms with Crippen LogP contribution in [0.3, 0.4) is 0 Å². The predicted octanol–water partition coefficient (Wildman–Crippen LogP) is 0.277. The first-order valence-electron chi connectivity index (χ1n) is 8.10. The SMILES string of the molecule is COc1nc(C(=O)NCC(=O)N[C@@H]2CCS(=O)(=O)C2)cc2ccccc12. The van der Waals surface area contributed by atoms with Gasteiger partial charge in [-0.1, -0.05) is 18.2 Å². The molecule has 0 unspecified atom stereocenters. The molecule has 0 spiro atoms. The monoisotopic (exact) mass is 377 g/mol. The second-order valence-electron chi connectivity index (χ2n) is 6.09. The van der Waals surface area contributed by atoms with Gasteiger partial charge in [0.2, 0.25) is 11.8 Å². The molecule has 0 aliphatic carbocycles. The Morgan fingerprint density at radius 1 is 1.31 bits per heavy atom. The summed E-state index contributed by atoms with van der Waals surface area (Å²) >= 11 is 0. The molecule has 0 radical (unpaired) electrons. The molecule has 138 valence electrons. The minimum atomic E-state index is -3.07. The number of sulfone groups is 1. The number of amides is 2. The van der Waals surface area contributed by atoms with E-state index in [1.165, 1.54) is 7.11 Å². The van der Waals surface area contributed by atoms with Crippen LogP contribution in [0.25, 0.3) is 10.8 Å². The zero-order chi connectivity index (χ0) is 18.7. The largest absolute Gasteiger partial charge is 0.481 e. The Bertz CT molecular complexity index is 958. The quantitative estimate of drug-likeness (QED) is 0.773. The molecule has 0 saturated carbocycles. The van der Waals surface area contributed by atoms with Crippen molar-refractivity contribution in [1.29, 1.82) is 0 Å². The lowest BCUT2D eigenvalue weighted by molar-refractivity contribution is -0.120. The Balaban J connectivity index is 1.63. The van der Waals surface area contributed by atoms with E-state index >= 15 is 0 Å². The Morgan fingerprint density at radius 3 is 2.77 bits per heavy atom. The maximum Gasteiger partial charge on any atom is 0.270 e. The van der Waals surface area contributed by atoms with Crippen molar-refractivity contribution in [3.8, 4) is 5.88 Å². The van der Waals surface area contributed by atoms with Crippen LogP contribution < -0.4 is 15.4 Å². The van der Waals surface area contributed by atoms with Gasteiger partial charge in [0.15, 0.2) is 9.84 Å². The van der Waals surface area contributed by atoms with Crippen molar-refractivity contribution in [2.75, 3.05) is 25.2 Å². The fourth-order valence-electron chi connectivity index (χ4n) is 2.88. The molecule has 0 bridgehead atoms. The molecule has 1 aliphatic rings. The van der Waals surface area contributed by atoms with Gasteiger partial charge in [-0.3, -0.25) is 9.59 Å². The minimum Gasteiger partial charge on any atom is -0.481 e. The van der Waals surface area contributed by atoms with Crippen LogP contribution in [0.5, 0.6) is 5.88 Å². The van der Waals surface area contributed by atoms with Crippen molar-refractivity contribution in [2.24, 2.45) is 0 Å². The first-order valence-corrected chi connectivity index (χ1v) is 9.92. The van der Waals surface area contributed by atoms with Crippen molar-refractivity contribution in [1.82, 2.24) is 15.6 Å². The van der Waals surface area contributed by atoms with E-state index in [1.807, 2.05) is 24.3 Å². The van der Waals surface area contributed by atoms with E-state index in [9.17, 15) is 18.0 Å². The van der Waals surface area contributed by atoms with Crippen molar-refractivity contribution >= 4 is 32.4 Å². The molecule has 1 atom stereocenters. The number of hydrogen-bond acceptors (Lipinski definition) is 6. The molecular weight excluding hydrogens is 358 g/mol. The van der Waals surface area contributed by atoms with Gasteiger partial charge in [0.1, 0.15) is 5.69 Å². The van der Waals surface area contributed by atoms with Crippen LogP contribution in [0.15, 0.2) is 30.3 Å². The number of aromatic nitrogens is 1. The summed E-state index contributed by atoms with van der Waals surface area (Å²) in [5.74, 6) is -0.605. The number of methoxy groups -OCH3 is 1. The highest BCUT2D eigenvalue weighted by atomic mass is 32.2. The molecule has 3 rings (SSSR count). The lowest BCUT2D eigenvalue weighted by Crippen LogP contribution is -2.42. The van der Waals surface area contributed by atoms with E-state index in [4.69, 9.17) is 4.74 Å². The molecule has 1 aromatic carbocycles. The topological polar surface area (TPSA) is 114 Å². The Labute approximate surface area is 150 Å². The number of carbonyl (C=O) groups is 2. The van der Waals surface area contributed by atoms with Gasteiger partial charge >= 0.3 is 0 Å². The van der Waals surface area contributed by atoms with Gasteiger partial charge < -0.3 is 15.4 Å². The van der Waals surface area contributed by atoms with Crippen LogP contribution in [-0.4, -0.2) is 56.4 Å². The summed E-state index contributed by atoms with van der Waals surface area (Å²) in [4.78, 5) is 28.4. The maximum atomic E-state index is 12.3. The first-order chi connectivity index (χ1) is 12.4. The zero-order valence-corrected chi connectivity index (χ0v) is 15.0. The van der Waals surface area contributed by atoms with E-state index in [0.717, 1.165) is 10.8 Å². The standard InChI is InChI=1S/C17H19N3O5S/c1-25-17-13-5-3-2-4-11(13)8-14(20-17)16(22)18-9-15(21)19-12-6-7-26(23,24)10-12/h2-5,8,12H,6-7,9-10H2,1H3,(H,18,22)(H,19,21)/t12-/m1/s1. The average Bonchev–Trinajstić information content (AvgIpc) is 2.96. The van der Waals surface area contributed by atoms with E-state index in [1.54, 1.807) is 6.07 Å². The Hall–Kier alpha value is -2.68. The number of ether oxygens (including phenoxy) is 1. The van der Waals surface area contributed by atoms with Crippen LogP contribution in [0.2, 0.25) is 0 Å². The normalized spacial score (nSPS) is 18.4. The van der Waals surface area contributed by atoms with E-state index < -0.39 is 27.7 Å². The highest BCUT2D eigenvalue weighted by molar-refractivity contribution is 7.91. The third-order valence-corrected chi connectivity index (χ3v) is 5.91. The molecule has 1 saturated heterocycles. The molecule has 2 heterocycles. The number of fused-ring (bicyclic) bond motifs is 1. The minimum absolute atomic E-state index is 0.0594. The molecule has 1 aliphatic heterocycles. The number of pyridine rings is 1. The highest BCUT2D eigenvalue weighted by Crippen LogP contribution is 2.24. The van der Waals surface area contributed by atoms with Crippen LogP contribution >= 0.6 is 0 Å².